The Bertz CT molecular complexity index is 656. The SMILES string of the molecule is Cc1nc(C(=O)Nc2cccc(N3CCCC3)c2)c(C)[nH]1. The summed E-state index contributed by atoms with van der Waals surface area (Å²) in [5, 5.41) is 2.93. The van der Waals surface area contributed by atoms with Crippen LogP contribution in [0.1, 0.15) is 34.8 Å². The fourth-order valence-electron chi connectivity index (χ4n) is 2.78. The molecule has 3 rings (SSSR count). The molecule has 2 heterocycles. The molecule has 5 heteroatoms. The lowest BCUT2D eigenvalue weighted by molar-refractivity contribution is 0.102. The number of H-pyrrole nitrogens is 1. The zero-order valence-electron chi connectivity index (χ0n) is 12.4. The average Bonchev–Trinajstić information content (AvgIpc) is 3.08. The highest BCUT2D eigenvalue weighted by Gasteiger charge is 2.15. The average molecular weight is 284 g/mol. The highest BCUT2D eigenvalue weighted by atomic mass is 16.1. The van der Waals surface area contributed by atoms with Crippen LogP contribution in [0.5, 0.6) is 0 Å². The predicted octanol–water partition coefficient (Wildman–Crippen LogP) is 2.88. The molecule has 1 amide bonds. The van der Waals surface area contributed by atoms with Gasteiger partial charge in [-0.1, -0.05) is 6.07 Å². The topological polar surface area (TPSA) is 61.0 Å². The number of nitrogens with zero attached hydrogens (tertiary/aromatic N) is 2. The van der Waals surface area contributed by atoms with Gasteiger partial charge in [0.05, 0.1) is 0 Å². The fourth-order valence-corrected chi connectivity index (χ4v) is 2.78. The maximum Gasteiger partial charge on any atom is 0.276 e. The Balaban J connectivity index is 1.77. The van der Waals surface area contributed by atoms with Crippen LogP contribution in [0, 0.1) is 13.8 Å². The molecule has 0 radical (unpaired) electrons. The summed E-state index contributed by atoms with van der Waals surface area (Å²) >= 11 is 0. The first-order valence-corrected chi connectivity index (χ1v) is 7.33. The molecule has 2 N–H and O–H groups in total. The minimum Gasteiger partial charge on any atom is -0.371 e. The monoisotopic (exact) mass is 284 g/mol. The maximum absolute atomic E-state index is 12.3. The number of aromatic nitrogens is 2. The van der Waals surface area contributed by atoms with Crippen molar-refractivity contribution in [2.24, 2.45) is 0 Å². The first kappa shape index (κ1) is 13.7. The van der Waals surface area contributed by atoms with E-state index in [1.54, 1.807) is 0 Å². The molecule has 0 bridgehead atoms. The zero-order chi connectivity index (χ0) is 14.8. The van der Waals surface area contributed by atoms with E-state index in [9.17, 15) is 4.79 Å². The zero-order valence-corrected chi connectivity index (χ0v) is 12.4. The predicted molar refractivity (Wildman–Crippen MR) is 83.9 cm³/mol. The number of rotatable bonds is 3. The number of anilines is 2. The van der Waals surface area contributed by atoms with E-state index >= 15 is 0 Å². The molecule has 1 aliphatic heterocycles. The lowest BCUT2D eigenvalue weighted by atomic mass is 10.2. The van der Waals surface area contributed by atoms with Crippen molar-refractivity contribution in [2.45, 2.75) is 26.7 Å². The van der Waals surface area contributed by atoms with Crippen molar-refractivity contribution >= 4 is 17.3 Å². The summed E-state index contributed by atoms with van der Waals surface area (Å²) in [6.45, 7) is 5.89. The van der Waals surface area contributed by atoms with Crippen molar-refractivity contribution in [1.82, 2.24) is 9.97 Å². The van der Waals surface area contributed by atoms with Crippen molar-refractivity contribution in [3.63, 3.8) is 0 Å². The summed E-state index contributed by atoms with van der Waals surface area (Å²) in [6, 6.07) is 8.00. The number of carbonyl (C=O) groups excluding carboxylic acids is 1. The van der Waals surface area contributed by atoms with E-state index in [-0.39, 0.29) is 5.91 Å². The van der Waals surface area contributed by atoms with E-state index in [1.165, 1.54) is 18.5 Å². The third kappa shape index (κ3) is 2.91. The van der Waals surface area contributed by atoms with Crippen molar-refractivity contribution in [3.05, 3.63) is 41.5 Å². The number of aromatic amines is 1. The van der Waals surface area contributed by atoms with Crippen molar-refractivity contribution in [1.29, 1.82) is 0 Å². The van der Waals surface area contributed by atoms with E-state index < -0.39 is 0 Å². The molecule has 1 aromatic carbocycles. The molecule has 1 saturated heterocycles. The van der Waals surface area contributed by atoms with Gasteiger partial charge in [-0.25, -0.2) is 4.98 Å². The molecule has 21 heavy (non-hydrogen) atoms. The number of amides is 1. The summed E-state index contributed by atoms with van der Waals surface area (Å²) in [4.78, 5) is 21.9. The van der Waals surface area contributed by atoms with Crippen LogP contribution >= 0.6 is 0 Å². The molecule has 2 aromatic rings. The summed E-state index contributed by atoms with van der Waals surface area (Å²) in [5.41, 5.74) is 3.23. The van der Waals surface area contributed by atoms with Crippen LogP contribution < -0.4 is 10.2 Å². The van der Waals surface area contributed by atoms with Gasteiger partial charge in [0.25, 0.3) is 5.91 Å². The summed E-state index contributed by atoms with van der Waals surface area (Å²) in [6.07, 6.45) is 2.48. The number of carbonyl (C=O) groups is 1. The number of nitrogens with one attached hydrogen (secondary N) is 2. The first-order valence-electron chi connectivity index (χ1n) is 7.33. The Labute approximate surface area is 124 Å². The molecular formula is C16H20N4O. The normalized spacial score (nSPS) is 14.5. The Morgan fingerprint density at radius 2 is 2.05 bits per heavy atom. The van der Waals surface area contributed by atoms with Crippen LogP contribution in [0.3, 0.4) is 0 Å². The molecule has 0 spiro atoms. The van der Waals surface area contributed by atoms with Gasteiger partial charge in [-0.2, -0.15) is 0 Å². The van der Waals surface area contributed by atoms with Crippen molar-refractivity contribution < 1.29 is 4.79 Å². The van der Waals surface area contributed by atoms with Crippen molar-refractivity contribution in [3.8, 4) is 0 Å². The van der Waals surface area contributed by atoms with Gasteiger partial charge in [-0.3, -0.25) is 4.79 Å². The van der Waals surface area contributed by atoms with Gasteiger partial charge in [0.1, 0.15) is 11.5 Å². The molecule has 0 unspecified atom stereocenters. The second kappa shape index (κ2) is 5.60. The second-order valence-electron chi connectivity index (χ2n) is 5.49. The van der Waals surface area contributed by atoms with Gasteiger partial charge in [0.15, 0.2) is 0 Å². The Morgan fingerprint density at radius 3 is 2.71 bits per heavy atom. The molecule has 1 aliphatic rings. The molecular weight excluding hydrogens is 264 g/mol. The van der Waals surface area contributed by atoms with Gasteiger partial charge < -0.3 is 15.2 Å². The minimum absolute atomic E-state index is 0.171. The summed E-state index contributed by atoms with van der Waals surface area (Å²) < 4.78 is 0. The fraction of sp³-hybridized carbons (Fsp3) is 0.375. The van der Waals surface area contributed by atoms with Gasteiger partial charge in [-0.15, -0.1) is 0 Å². The van der Waals surface area contributed by atoms with Crippen LogP contribution in [0.4, 0.5) is 11.4 Å². The van der Waals surface area contributed by atoms with Crippen LogP contribution in [-0.2, 0) is 0 Å². The van der Waals surface area contributed by atoms with Crippen LogP contribution in [-0.4, -0.2) is 29.0 Å². The number of hydrogen-bond donors (Lipinski definition) is 2. The number of aryl methyl sites for hydroxylation is 2. The Hall–Kier alpha value is -2.30. The second-order valence-corrected chi connectivity index (χ2v) is 5.49. The minimum atomic E-state index is -0.171. The largest absolute Gasteiger partial charge is 0.371 e. The van der Waals surface area contributed by atoms with E-state index in [4.69, 9.17) is 0 Å². The molecule has 1 fully saturated rings. The molecule has 1 aromatic heterocycles. The van der Waals surface area contributed by atoms with E-state index in [1.807, 2.05) is 32.0 Å². The van der Waals surface area contributed by atoms with Gasteiger partial charge in [-0.05, 0) is 44.9 Å². The summed E-state index contributed by atoms with van der Waals surface area (Å²) in [7, 11) is 0. The van der Waals surface area contributed by atoms with E-state index in [0.717, 1.165) is 30.3 Å². The van der Waals surface area contributed by atoms with Crippen molar-refractivity contribution in [2.75, 3.05) is 23.3 Å². The number of benzene rings is 1. The highest BCUT2D eigenvalue weighted by Crippen LogP contribution is 2.23. The van der Waals surface area contributed by atoms with Gasteiger partial charge in [0, 0.05) is 30.2 Å². The lowest BCUT2D eigenvalue weighted by Crippen LogP contribution is -2.18. The third-order valence-corrected chi connectivity index (χ3v) is 3.79. The van der Waals surface area contributed by atoms with Gasteiger partial charge >= 0.3 is 0 Å². The standard InChI is InChI=1S/C16H20N4O/c1-11-15(18-12(2)17-11)16(21)19-13-6-5-7-14(10-13)20-8-3-4-9-20/h5-7,10H,3-4,8-9H2,1-2H3,(H,17,18)(H,19,21). The van der Waals surface area contributed by atoms with E-state index in [2.05, 4.69) is 26.3 Å². The smallest absolute Gasteiger partial charge is 0.276 e. The quantitative estimate of drug-likeness (QED) is 0.911. The number of imidazole rings is 1. The van der Waals surface area contributed by atoms with Crippen LogP contribution in [0.15, 0.2) is 24.3 Å². The van der Waals surface area contributed by atoms with E-state index in [0.29, 0.717) is 5.69 Å². The molecule has 110 valence electrons. The van der Waals surface area contributed by atoms with Crippen LogP contribution in [0.25, 0.3) is 0 Å². The molecule has 0 aliphatic carbocycles. The van der Waals surface area contributed by atoms with Gasteiger partial charge in [0.2, 0.25) is 0 Å². The number of hydrogen-bond acceptors (Lipinski definition) is 3. The molecule has 5 nitrogen and oxygen atoms in total. The highest BCUT2D eigenvalue weighted by molar-refractivity contribution is 6.03. The summed E-state index contributed by atoms with van der Waals surface area (Å²) in [5.74, 6) is 0.582. The Morgan fingerprint density at radius 1 is 1.29 bits per heavy atom. The third-order valence-electron chi connectivity index (χ3n) is 3.79. The first-order chi connectivity index (χ1) is 10.1. The molecule has 0 atom stereocenters. The Kier molecular flexibility index (Phi) is 3.64. The van der Waals surface area contributed by atoms with Crippen LogP contribution in [0.2, 0.25) is 0 Å². The lowest BCUT2D eigenvalue weighted by Gasteiger charge is -2.18. The maximum atomic E-state index is 12.3. The molecule has 0 saturated carbocycles.